The van der Waals surface area contributed by atoms with Crippen LogP contribution in [-0.4, -0.2) is 167 Å². The molecule has 6 unspecified atom stereocenters. The standard InChI is InChI=1S/C66H132N4O8/c1-7-11-15-19-23-27-31-35-41-61(71)55-67(56-62(72)42-36-32-28-24-20-16-12-8-2)47-39-45-65(75)77-51-49-69-53-60(6)70(54-59(69)5)50-52-78-66(76)46-40-48-68(57-63(73)43-37-33-29-25-21-17-13-9-3)58-64(74)44-38-34-30-26-22-18-14-10-4/h59-64,71-74H,7-58H2,1-6H3. The monoisotopic (exact) mass is 1110 g/mol. The van der Waals surface area contributed by atoms with Crippen molar-refractivity contribution in [2.75, 3.05) is 78.7 Å². The Kier molecular flexibility index (Phi) is 51.3. The number of hydrogen-bond donors (Lipinski definition) is 4. The summed E-state index contributed by atoms with van der Waals surface area (Å²) in [4.78, 5) is 35.1. The first kappa shape index (κ1) is 74.6. The number of unbranched alkanes of at least 4 members (excludes halogenated alkanes) is 28. The molecule has 1 fully saturated rings. The molecule has 1 saturated heterocycles. The Morgan fingerprint density at radius 1 is 0.385 bits per heavy atom. The Morgan fingerprint density at radius 2 is 0.615 bits per heavy atom. The topological polar surface area (TPSA) is 146 Å². The van der Waals surface area contributed by atoms with Crippen molar-refractivity contribution in [2.45, 2.75) is 335 Å². The van der Waals surface area contributed by atoms with E-state index in [2.05, 4.69) is 61.1 Å². The van der Waals surface area contributed by atoms with Gasteiger partial charge in [0.1, 0.15) is 13.2 Å². The summed E-state index contributed by atoms with van der Waals surface area (Å²) in [6, 6.07) is 0.530. The molecule has 0 aromatic rings. The molecule has 0 spiro atoms. The fourth-order valence-electron chi connectivity index (χ4n) is 11.6. The van der Waals surface area contributed by atoms with Crippen molar-refractivity contribution in [3.8, 4) is 0 Å². The zero-order valence-electron chi connectivity index (χ0n) is 52.4. The van der Waals surface area contributed by atoms with E-state index in [1.807, 2.05) is 0 Å². The molecule has 1 aliphatic heterocycles. The molecule has 0 saturated carbocycles. The van der Waals surface area contributed by atoms with Gasteiger partial charge in [-0.15, -0.1) is 0 Å². The van der Waals surface area contributed by atoms with E-state index in [4.69, 9.17) is 9.47 Å². The minimum Gasteiger partial charge on any atom is -0.464 e. The molecule has 4 N–H and O–H groups in total. The van der Waals surface area contributed by atoms with E-state index >= 15 is 0 Å². The predicted octanol–water partition coefficient (Wildman–Crippen LogP) is 14.2. The largest absolute Gasteiger partial charge is 0.464 e. The van der Waals surface area contributed by atoms with Gasteiger partial charge in [0.05, 0.1) is 24.4 Å². The average molecular weight is 1110 g/mol. The van der Waals surface area contributed by atoms with Crippen molar-refractivity contribution in [3.05, 3.63) is 0 Å². The molecule has 1 heterocycles. The first-order valence-electron chi connectivity index (χ1n) is 33.9. The Balaban J connectivity index is 2.51. The van der Waals surface area contributed by atoms with E-state index in [9.17, 15) is 30.0 Å². The molecule has 12 heteroatoms. The van der Waals surface area contributed by atoms with Crippen molar-refractivity contribution in [2.24, 2.45) is 0 Å². The summed E-state index contributed by atoms with van der Waals surface area (Å²) in [7, 11) is 0. The van der Waals surface area contributed by atoms with Crippen LogP contribution < -0.4 is 0 Å². The van der Waals surface area contributed by atoms with Crippen LogP contribution >= 0.6 is 0 Å². The van der Waals surface area contributed by atoms with Crippen molar-refractivity contribution in [1.29, 1.82) is 0 Å². The molecule has 6 atom stereocenters. The quantitative estimate of drug-likeness (QED) is 0.0340. The number of carbonyl (C=O) groups excluding carboxylic acids is 2. The average Bonchev–Trinajstić information content (AvgIpc) is 3.40. The Morgan fingerprint density at radius 3 is 0.859 bits per heavy atom. The van der Waals surface area contributed by atoms with Gasteiger partial charge in [0.25, 0.3) is 0 Å². The summed E-state index contributed by atoms with van der Waals surface area (Å²) in [5.74, 6) is -0.387. The van der Waals surface area contributed by atoms with Crippen molar-refractivity contribution >= 4 is 11.9 Å². The maximum absolute atomic E-state index is 13.0. The lowest BCUT2D eigenvalue weighted by Crippen LogP contribution is -2.57. The van der Waals surface area contributed by atoms with Crippen LogP contribution in [0.15, 0.2) is 0 Å². The zero-order valence-corrected chi connectivity index (χ0v) is 52.4. The van der Waals surface area contributed by atoms with E-state index < -0.39 is 24.4 Å². The van der Waals surface area contributed by atoms with E-state index in [1.165, 1.54) is 154 Å². The second-order valence-corrected chi connectivity index (χ2v) is 24.5. The van der Waals surface area contributed by atoms with Gasteiger partial charge in [0.2, 0.25) is 0 Å². The normalized spacial score (nSPS) is 17.0. The lowest BCUT2D eigenvalue weighted by atomic mass is 10.0. The van der Waals surface area contributed by atoms with Crippen LogP contribution in [0.4, 0.5) is 0 Å². The second-order valence-electron chi connectivity index (χ2n) is 24.5. The van der Waals surface area contributed by atoms with Gasteiger partial charge in [-0.1, -0.05) is 233 Å². The zero-order chi connectivity index (χ0) is 57.1. The SMILES string of the molecule is CCCCCCCCCCC(O)CN(CCCC(=O)OCCN1CC(C)N(CCOC(=O)CCCN(CC(O)CCCCCCCCCC)CC(O)CCCCCCCCCC)CC1C)CC(O)CCCCCCCCCC. The van der Waals surface area contributed by atoms with Gasteiger partial charge in [-0.25, -0.2) is 0 Å². The highest BCUT2D eigenvalue weighted by Crippen LogP contribution is 2.19. The fraction of sp³-hybridized carbons (Fsp3) is 0.970. The van der Waals surface area contributed by atoms with Gasteiger partial charge in [-0.05, 0) is 65.5 Å². The third-order valence-electron chi connectivity index (χ3n) is 16.7. The predicted molar refractivity (Wildman–Crippen MR) is 328 cm³/mol. The molecule has 464 valence electrons. The van der Waals surface area contributed by atoms with Gasteiger partial charge in [0.15, 0.2) is 0 Å². The Labute approximate surface area is 482 Å². The lowest BCUT2D eigenvalue weighted by Gasteiger charge is -2.44. The van der Waals surface area contributed by atoms with Crippen molar-refractivity contribution in [3.63, 3.8) is 0 Å². The summed E-state index contributed by atoms with van der Waals surface area (Å²) in [5.41, 5.74) is 0. The Bertz CT molecular complexity index is 1160. The molecule has 12 nitrogen and oxygen atoms in total. The minimum atomic E-state index is -0.430. The maximum Gasteiger partial charge on any atom is 0.305 e. The highest BCUT2D eigenvalue weighted by molar-refractivity contribution is 5.69. The number of ether oxygens (including phenoxy) is 2. The number of carbonyl (C=O) groups is 2. The molecular formula is C66H132N4O8. The first-order valence-corrected chi connectivity index (χ1v) is 33.9. The smallest absolute Gasteiger partial charge is 0.305 e. The van der Waals surface area contributed by atoms with Crippen LogP contribution in [0.1, 0.15) is 298 Å². The summed E-state index contributed by atoms with van der Waals surface area (Å²) >= 11 is 0. The van der Waals surface area contributed by atoms with Crippen LogP contribution in [0.2, 0.25) is 0 Å². The summed E-state index contributed by atoms with van der Waals surface area (Å²) in [6.45, 7) is 20.6. The van der Waals surface area contributed by atoms with E-state index in [1.54, 1.807) is 0 Å². The fourth-order valence-corrected chi connectivity index (χ4v) is 11.6. The van der Waals surface area contributed by atoms with Crippen LogP contribution in [0.3, 0.4) is 0 Å². The molecule has 0 amide bonds. The van der Waals surface area contributed by atoms with Gasteiger partial charge in [0, 0.05) is 77.3 Å². The Hall–Kier alpha value is -1.38. The van der Waals surface area contributed by atoms with E-state index in [-0.39, 0.29) is 24.0 Å². The molecule has 0 aliphatic carbocycles. The highest BCUT2D eigenvalue weighted by Gasteiger charge is 2.29. The molecule has 1 rings (SSSR count). The van der Waals surface area contributed by atoms with Crippen LogP contribution in [-0.2, 0) is 19.1 Å². The molecule has 0 bridgehead atoms. The van der Waals surface area contributed by atoms with Gasteiger partial charge in [-0.2, -0.15) is 0 Å². The number of aliphatic hydroxyl groups excluding tert-OH is 4. The third-order valence-corrected chi connectivity index (χ3v) is 16.7. The summed E-state index contributed by atoms with van der Waals surface area (Å²) < 4.78 is 11.5. The number of nitrogens with zero attached hydrogens (tertiary/aromatic N) is 4. The van der Waals surface area contributed by atoms with Crippen molar-refractivity contribution < 1.29 is 39.5 Å². The summed E-state index contributed by atoms with van der Waals surface area (Å²) in [6.07, 6.45) is 42.9. The first-order chi connectivity index (χ1) is 37.9. The lowest BCUT2D eigenvalue weighted by molar-refractivity contribution is -0.146. The van der Waals surface area contributed by atoms with E-state index in [0.29, 0.717) is 91.3 Å². The molecular weight excluding hydrogens is 977 g/mol. The third kappa shape index (κ3) is 45.2. The molecule has 78 heavy (non-hydrogen) atoms. The van der Waals surface area contributed by atoms with Gasteiger partial charge < -0.3 is 29.9 Å². The number of hydrogen-bond acceptors (Lipinski definition) is 12. The number of esters is 2. The van der Waals surface area contributed by atoms with Crippen LogP contribution in [0, 0.1) is 0 Å². The molecule has 0 aromatic carbocycles. The van der Waals surface area contributed by atoms with Gasteiger partial charge >= 0.3 is 11.9 Å². The number of aliphatic hydroxyl groups is 4. The molecule has 1 aliphatic rings. The summed E-state index contributed by atoms with van der Waals surface area (Å²) in [5, 5.41) is 44.1. The van der Waals surface area contributed by atoms with Gasteiger partial charge in [-0.3, -0.25) is 29.2 Å². The highest BCUT2D eigenvalue weighted by atomic mass is 16.5. The van der Waals surface area contributed by atoms with Crippen LogP contribution in [0.25, 0.3) is 0 Å². The molecule has 0 radical (unpaired) electrons. The van der Waals surface area contributed by atoms with Crippen molar-refractivity contribution in [1.82, 2.24) is 19.6 Å². The molecule has 0 aromatic heterocycles. The maximum atomic E-state index is 13.0. The van der Waals surface area contributed by atoms with Crippen LogP contribution in [0.5, 0.6) is 0 Å². The second kappa shape index (κ2) is 53.6. The number of piperazine rings is 1. The minimum absolute atomic E-state index is 0.193. The number of rotatable bonds is 58. The van der Waals surface area contributed by atoms with E-state index in [0.717, 1.165) is 90.1 Å².